The molecule has 1 aromatic carbocycles. The number of halogens is 1. The number of aryl methyl sites for hydroxylation is 1. The van der Waals surface area contributed by atoms with Crippen molar-refractivity contribution < 1.29 is 0 Å². The molecule has 0 unspecified atom stereocenters. The molecule has 0 bridgehead atoms. The van der Waals surface area contributed by atoms with Gasteiger partial charge in [-0.1, -0.05) is 15.9 Å². The number of thioether (sulfide) groups is 2. The standard InChI is InChI=1S/C15H14BrN3S2/c1-10-18-14(15(2)20-5-6-21-15)9-19(10)13-4-3-12(16)7-11(13)8-17/h3-4,7,9H,5-6H2,1-2H3. The first kappa shape index (κ1) is 15.0. The molecule has 1 aliphatic rings. The van der Waals surface area contributed by atoms with Gasteiger partial charge in [-0.3, -0.25) is 0 Å². The number of hydrogen-bond donors (Lipinski definition) is 0. The zero-order valence-electron chi connectivity index (χ0n) is 11.8. The smallest absolute Gasteiger partial charge is 0.110 e. The Morgan fingerprint density at radius 2 is 2.10 bits per heavy atom. The maximum atomic E-state index is 9.35. The highest BCUT2D eigenvalue weighted by Crippen LogP contribution is 2.51. The summed E-state index contributed by atoms with van der Waals surface area (Å²) in [5.41, 5.74) is 2.61. The molecule has 3 rings (SSSR count). The average Bonchev–Trinajstić information content (AvgIpc) is 3.06. The molecule has 6 heteroatoms. The van der Waals surface area contributed by atoms with Crippen LogP contribution in [0.2, 0.25) is 0 Å². The molecule has 0 saturated carbocycles. The Morgan fingerprint density at radius 3 is 2.76 bits per heavy atom. The summed E-state index contributed by atoms with van der Waals surface area (Å²) in [6.45, 7) is 4.22. The van der Waals surface area contributed by atoms with Crippen LogP contribution >= 0.6 is 39.5 Å². The average molecular weight is 380 g/mol. The summed E-state index contributed by atoms with van der Waals surface area (Å²) in [5, 5.41) is 9.35. The monoisotopic (exact) mass is 379 g/mol. The van der Waals surface area contributed by atoms with Gasteiger partial charge in [0, 0.05) is 22.2 Å². The zero-order chi connectivity index (χ0) is 15.0. The van der Waals surface area contributed by atoms with E-state index < -0.39 is 0 Å². The minimum Gasteiger partial charge on any atom is -0.302 e. The van der Waals surface area contributed by atoms with Crippen molar-refractivity contribution in [3.05, 3.63) is 46.0 Å². The zero-order valence-corrected chi connectivity index (χ0v) is 15.0. The molecule has 0 amide bonds. The predicted molar refractivity (Wildman–Crippen MR) is 93.0 cm³/mol. The van der Waals surface area contributed by atoms with E-state index in [1.165, 1.54) is 0 Å². The molecule has 0 aliphatic carbocycles. The van der Waals surface area contributed by atoms with Gasteiger partial charge in [0.15, 0.2) is 0 Å². The Labute approximate surface area is 141 Å². The first-order chi connectivity index (χ1) is 10.0. The summed E-state index contributed by atoms with van der Waals surface area (Å²) in [6, 6.07) is 8.02. The first-order valence-corrected chi connectivity index (χ1v) is 9.34. The van der Waals surface area contributed by atoms with Crippen molar-refractivity contribution >= 4 is 39.5 Å². The minimum atomic E-state index is 0.0260. The van der Waals surface area contributed by atoms with Gasteiger partial charge < -0.3 is 4.57 Å². The van der Waals surface area contributed by atoms with E-state index in [4.69, 9.17) is 4.98 Å². The van der Waals surface area contributed by atoms with E-state index in [0.29, 0.717) is 5.56 Å². The van der Waals surface area contributed by atoms with Crippen LogP contribution in [0, 0.1) is 18.3 Å². The van der Waals surface area contributed by atoms with Gasteiger partial charge in [-0.05, 0) is 32.0 Å². The van der Waals surface area contributed by atoms with Gasteiger partial charge in [0.25, 0.3) is 0 Å². The largest absolute Gasteiger partial charge is 0.302 e. The summed E-state index contributed by atoms with van der Waals surface area (Å²) in [7, 11) is 0. The fourth-order valence-corrected chi connectivity index (χ4v) is 5.54. The number of nitriles is 1. The first-order valence-electron chi connectivity index (χ1n) is 6.58. The van der Waals surface area contributed by atoms with E-state index >= 15 is 0 Å². The lowest BCUT2D eigenvalue weighted by Gasteiger charge is -2.18. The van der Waals surface area contributed by atoms with Crippen LogP contribution in [0.1, 0.15) is 24.0 Å². The normalized spacial score (nSPS) is 16.9. The summed E-state index contributed by atoms with van der Waals surface area (Å²) in [5.74, 6) is 3.24. The Bertz CT molecular complexity index is 727. The van der Waals surface area contributed by atoms with E-state index in [1.807, 2.05) is 53.2 Å². The number of aromatic nitrogens is 2. The molecular weight excluding hydrogens is 366 g/mol. The summed E-state index contributed by atoms with van der Waals surface area (Å²) < 4.78 is 2.96. The van der Waals surface area contributed by atoms with Gasteiger partial charge in [0.05, 0.1) is 16.9 Å². The molecule has 1 aromatic heterocycles. The molecular formula is C15H14BrN3S2. The van der Waals surface area contributed by atoms with Crippen LogP contribution < -0.4 is 0 Å². The van der Waals surface area contributed by atoms with Gasteiger partial charge in [0.2, 0.25) is 0 Å². The lowest BCUT2D eigenvalue weighted by molar-refractivity contribution is 0.951. The molecule has 1 saturated heterocycles. The quantitative estimate of drug-likeness (QED) is 0.771. The molecule has 0 atom stereocenters. The second kappa shape index (κ2) is 5.71. The highest BCUT2D eigenvalue weighted by Gasteiger charge is 2.35. The van der Waals surface area contributed by atoms with E-state index in [-0.39, 0.29) is 4.08 Å². The van der Waals surface area contributed by atoms with E-state index in [1.54, 1.807) is 0 Å². The number of imidazole rings is 1. The van der Waals surface area contributed by atoms with Gasteiger partial charge in [-0.2, -0.15) is 5.26 Å². The molecule has 1 aliphatic heterocycles. The molecule has 1 fully saturated rings. The van der Waals surface area contributed by atoms with Gasteiger partial charge in [-0.25, -0.2) is 4.98 Å². The summed E-state index contributed by atoms with van der Waals surface area (Å²) >= 11 is 7.30. The number of rotatable bonds is 2. The highest BCUT2D eigenvalue weighted by molar-refractivity contribution is 9.10. The van der Waals surface area contributed by atoms with Crippen molar-refractivity contribution in [2.75, 3.05) is 11.5 Å². The van der Waals surface area contributed by atoms with E-state index in [2.05, 4.69) is 35.1 Å². The molecule has 2 heterocycles. The van der Waals surface area contributed by atoms with Crippen LogP contribution in [0.4, 0.5) is 0 Å². The third-order valence-electron chi connectivity index (χ3n) is 3.52. The maximum Gasteiger partial charge on any atom is 0.110 e. The van der Waals surface area contributed by atoms with E-state index in [9.17, 15) is 5.26 Å². The van der Waals surface area contributed by atoms with Crippen molar-refractivity contribution in [3.63, 3.8) is 0 Å². The second-order valence-corrected chi connectivity index (χ2v) is 9.16. The fraction of sp³-hybridized carbons (Fsp3) is 0.333. The molecule has 0 spiro atoms. The van der Waals surface area contributed by atoms with Crippen LogP contribution in [-0.4, -0.2) is 21.1 Å². The molecule has 108 valence electrons. The van der Waals surface area contributed by atoms with Crippen molar-refractivity contribution in [1.29, 1.82) is 5.26 Å². The lowest BCUT2D eigenvalue weighted by atomic mass is 10.2. The van der Waals surface area contributed by atoms with Gasteiger partial charge in [-0.15, -0.1) is 23.5 Å². The van der Waals surface area contributed by atoms with Crippen molar-refractivity contribution in [2.24, 2.45) is 0 Å². The van der Waals surface area contributed by atoms with Crippen molar-refractivity contribution in [1.82, 2.24) is 9.55 Å². The van der Waals surface area contributed by atoms with Gasteiger partial charge in [0.1, 0.15) is 16.0 Å². The van der Waals surface area contributed by atoms with Crippen molar-refractivity contribution in [2.45, 2.75) is 17.9 Å². The van der Waals surface area contributed by atoms with Crippen LogP contribution in [0.3, 0.4) is 0 Å². The van der Waals surface area contributed by atoms with Crippen LogP contribution in [0.15, 0.2) is 28.9 Å². The topological polar surface area (TPSA) is 41.6 Å². The van der Waals surface area contributed by atoms with Crippen LogP contribution in [-0.2, 0) is 4.08 Å². The third-order valence-corrected chi connectivity index (χ3v) is 7.32. The third kappa shape index (κ3) is 2.75. The highest BCUT2D eigenvalue weighted by atomic mass is 79.9. The molecule has 21 heavy (non-hydrogen) atoms. The van der Waals surface area contributed by atoms with Crippen LogP contribution in [0.25, 0.3) is 5.69 Å². The maximum absolute atomic E-state index is 9.35. The van der Waals surface area contributed by atoms with Crippen LogP contribution in [0.5, 0.6) is 0 Å². The van der Waals surface area contributed by atoms with E-state index in [0.717, 1.165) is 33.2 Å². The summed E-state index contributed by atoms with van der Waals surface area (Å²) in [4.78, 5) is 4.74. The fourth-order valence-electron chi connectivity index (χ4n) is 2.41. The minimum absolute atomic E-state index is 0.0260. The second-order valence-electron chi connectivity index (χ2n) is 4.96. The number of benzene rings is 1. The Kier molecular flexibility index (Phi) is 4.08. The molecule has 3 nitrogen and oxygen atoms in total. The SMILES string of the molecule is Cc1nc(C2(C)SCCS2)cn1-c1ccc(Br)cc1C#N. The lowest BCUT2D eigenvalue weighted by Crippen LogP contribution is -2.08. The van der Waals surface area contributed by atoms with Crippen molar-refractivity contribution in [3.8, 4) is 11.8 Å². The Balaban J connectivity index is 2.08. The number of hydrogen-bond acceptors (Lipinski definition) is 4. The Hall–Kier alpha value is -0.900. The number of nitrogens with zero attached hydrogens (tertiary/aromatic N) is 3. The molecule has 2 aromatic rings. The van der Waals surface area contributed by atoms with Gasteiger partial charge >= 0.3 is 0 Å². The predicted octanol–water partition coefficient (Wildman–Crippen LogP) is 4.47. The molecule has 0 radical (unpaired) electrons. The Morgan fingerprint density at radius 1 is 1.38 bits per heavy atom. The molecule has 0 N–H and O–H groups in total. The summed E-state index contributed by atoms with van der Waals surface area (Å²) in [6.07, 6.45) is 2.07.